The van der Waals surface area contributed by atoms with Gasteiger partial charge in [-0.05, 0) is 12.5 Å². The molecule has 3 aliphatic rings. The minimum atomic E-state index is -0.745. The number of benzene rings is 1. The van der Waals surface area contributed by atoms with Gasteiger partial charge in [0.2, 0.25) is 0 Å². The number of likely N-dealkylation sites (tertiary alicyclic amines) is 1. The van der Waals surface area contributed by atoms with Crippen LogP contribution < -0.4 is 4.90 Å². The average molecular weight is 484 g/mol. The number of piperazine rings is 1. The number of hydrogen-bond donors (Lipinski definition) is 0. The lowest BCUT2D eigenvalue weighted by Crippen LogP contribution is -2.55. The van der Waals surface area contributed by atoms with E-state index in [2.05, 4.69) is 16.2 Å². The molecular weight excluding hydrogens is 458 g/mol. The van der Waals surface area contributed by atoms with Crippen molar-refractivity contribution < 1.29 is 14.4 Å². The number of carbonyl (C=O) groups is 3. The number of urea groups is 1. The van der Waals surface area contributed by atoms with Gasteiger partial charge in [0.25, 0.3) is 11.8 Å². The number of nitriles is 1. The van der Waals surface area contributed by atoms with E-state index in [-0.39, 0.29) is 29.0 Å². The third kappa shape index (κ3) is 2.92. The fourth-order valence-corrected chi connectivity index (χ4v) is 5.74. The summed E-state index contributed by atoms with van der Waals surface area (Å²) < 4.78 is 1.59. The normalized spacial score (nSPS) is 23.1. The van der Waals surface area contributed by atoms with Gasteiger partial charge in [-0.15, -0.1) is 0 Å². The summed E-state index contributed by atoms with van der Waals surface area (Å²) in [6.07, 6.45) is 1.98. The molecule has 3 fully saturated rings. The minimum Gasteiger partial charge on any atom is -0.330 e. The number of rotatable bonds is 2. The SMILES string of the molecule is Cn1nc(C(C)(C)C)cc1C(=O)N1C[C@H]2CC1[C@H]1C(=O)N(c3cnc(C#N)c4ccccc34)C(=O)N21. The number of pyridine rings is 1. The van der Waals surface area contributed by atoms with Crippen molar-refractivity contribution in [2.75, 3.05) is 11.4 Å². The smallest absolute Gasteiger partial charge is 0.330 e. The monoisotopic (exact) mass is 483 g/mol. The Kier molecular flexibility index (Phi) is 4.55. The van der Waals surface area contributed by atoms with Crippen molar-refractivity contribution in [2.24, 2.45) is 7.05 Å². The number of carbonyl (C=O) groups excluding carboxylic acids is 3. The van der Waals surface area contributed by atoms with Gasteiger partial charge in [0.1, 0.15) is 23.5 Å². The van der Waals surface area contributed by atoms with Crippen molar-refractivity contribution in [1.29, 1.82) is 5.26 Å². The summed E-state index contributed by atoms with van der Waals surface area (Å²) in [6, 6.07) is 9.18. The van der Waals surface area contributed by atoms with Crippen LogP contribution in [-0.4, -0.2) is 67.1 Å². The Morgan fingerprint density at radius 2 is 1.89 bits per heavy atom. The van der Waals surface area contributed by atoms with Gasteiger partial charge in [0.15, 0.2) is 0 Å². The molecule has 3 atom stereocenters. The maximum absolute atomic E-state index is 13.7. The largest absolute Gasteiger partial charge is 0.332 e. The number of amides is 4. The highest BCUT2D eigenvalue weighted by molar-refractivity contribution is 6.25. The second kappa shape index (κ2) is 7.37. The van der Waals surface area contributed by atoms with Gasteiger partial charge in [0.05, 0.1) is 29.7 Å². The van der Waals surface area contributed by atoms with Crippen LogP contribution in [0.5, 0.6) is 0 Å². The van der Waals surface area contributed by atoms with E-state index in [4.69, 9.17) is 0 Å². The number of hydrogen-bond acceptors (Lipinski definition) is 6. The minimum absolute atomic E-state index is 0.183. The molecule has 6 rings (SSSR count). The van der Waals surface area contributed by atoms with Crippen molar-refractivity contribution >= 4 is 34.3 Å². The topological polar surface area (TPSA) is 115 Å². The summed E-state index contributed by atoms with van der Waals surface area (Å²) in [5.41, 5.74) is 1.67. The lowest BCUT2D eigenvalue weighted by atomic mass is 9.92. The molecule has 1 aromatic carbocycles. The van der Waals surface area contributed by atoms with Gasteiger partial charge in [-0.25, -0.2) is 14.7 Å². The third-order valence-electron chi connectivity index (χ3n) is 7.51. The Hall–Kier alpha value is -4.26. The number of anilines is 1. The van der Waals surface area contributed by atoms with Crippen LogP contribution in [0.15, 0.2) is 36.5 Å². The molecule has 0 spiro atoms. The van der Waals surface area contributed by atoms with E-state index < -0.39 is 18.1 Å². The van der Waals surface area contributed by atoms with Crippen molar-refractivity contribution in [3.63, 3.8) is 0 Å². The van der Waals surface area contributed by atoms with Gasteiger partial charge in [-0.1, -0.05) is 45.0 Å². The number of fused-ring (bicyclic) bond motifs is 6. The zero-order valence-electron chi connectivity index (χ0n) is 20.5. The first-order chi connectivity index (χ1) is 17.1. The fourth-order valence-electron chi connectivity index (χ4n) is 5.74. The van der Waals surface area contributed by atoms with Crippen LogP contribution in [0, 0.1) is 11.3 Å². The molecule has 0 N–H and O–H groups in total. The number of imide groups is 1. The number of nitrogens with zero attached hydrogens (tertiary/aromatic N) is 7. The summed E-state index contributed by atoms with van der Waals surface area (Å²) in [5.74, 6) is -0.557. The van der Waals surface area contributed by atoms with Crippen LogP contribution >= 0.6 is 0 Å². The Morgan fingerprint density at radius 1 is 1.17 bits per heavy atom. The molecule has 2 bridgehead atoms. The summed E-state index contributed by atoms with van der Waals surface area (Å²) >= 11 is 0. The van der Waals surface area contributed by atoms with E-state index >= 15 is 0 Å². The van der Waals surface area contributed by atoms with E-state index in [9.17, 15) is 19.6 Å². The second-order valence-electron chi connectivity index (χ2n) is 10.7. The molecule has 3 aromatic rings. The zero-order valence-corrected chi connectivity index (χ0v) is 20.5. The average Bonchev–Trinajstić information content (AvgIpc) is 3.60. The van der Waals surface area contributed by atoms with Gasteiger partial charge in [-0.2, -0.15) is 10.4 Å². The van der Waals surface area contributed by atoms with Crippen LogP contribution in [0.25, 0.3) is 10.8 Å². The van der Waals surface area contributed by atoms with Crippen molar-refractivity contribution in [2.45, 2.75) is 50.7 Å². The summed E-state index contributed by atoms with van der Waals surface area (Å²) in [7, 11) is 1.75. The summed E-state index contributed by atoms with van der Waals surface area (Å²) in [6.45, 7) is 6.49. The van der Waals surface area contributed by atoms with Crippen LogP contribution in [-0.2, 0) is 17.3 Å². The first kappa shape index (κ1) is 22.2. The maximum Gasteiger partial charge on any atom is 0.332 e. The molecule has 2 aromatic heterocycles. The lowest BCUT2D eigenvalue weighted by Gasteiger charge is -2.34. The number of aromatic nitrogens is 3. The Balaban J connectivity index is 1.34. The molecule has 1 unspecified atom stereocenters. The first-order valence-electron chi connectivity index (χ1n) is 11.9. The highest BCUT2D eigenvalue weighted by atomic mass is 16.2. The highest BCUT2D eigenvalue weighted by Gasteiger charge is 2.63. The highest BCUT2D eigenvalue weighted by Crippen LogP contribution is 2.44. The Morgan fingerprint density at radius 3 is 2.56 bits per heavy atom. The summed E-state index contributed by atoms with van der Waals surface area (Å²) in [5, 5.41) is 15.1. The lowest BCUT2D eigenvalue weighted by molar-refractivity contribution is -0.121. The van der Waals surface area contributed by atoms with Crippen molar-refractivity contribution in [3.05, 3.63) is 53.6 Å². The molecule has 10 heteroatoms. The first-order valence-corrected chi connectivity index (χ1v) is 11.9. The zero-order chi connectivity index (χ0) is 25.5. The quantitative estimate of drug-likeness (QED) is 0.518. The Labute approximate surface area is 207 Å². The maximum atomic E-state index is 13.7. The van der Waals surface area contributed by atoms with Crippen molar-refractivity contribution in [3.8, 4) is 6.07 Å². The van der Waals surface area contributed by atoms with E-state index in [1.54, 1.807) is 45.8 Å². The fraction of sp³-hybridized carbons (Fsp3) is 0.385. The van der Waals surface area contributed by atoms with Gasteiger partial charge in [-0.3, -0.25) is 14.3 Å². The molecule has 3 aliphatic heterocycles. The van der Waals surface area contributed by atoms with Crippen molar-refractivity contribution in [1.82, 2.24) is 24.6 Å². The van der Waals surface area contributed by atoms with E-state index in [1.807, 2.05) is 26.8 Å². The molecule has 182 valence electrons. The molecule has 3 saturated heterocycles. The predicted molar refractivity (Wildman–Crippen MR) is 130 cm³/mol. The number of aryl methyl sites for hydroxylation is 1. The van der Waals surface area contributed by atoms with Crippen LogP contribution in [0.3, 0.4) is 0 Å². The molecule has 0 aliphatic carbocycles. The molecule has 10 nitrogen and oxygen atoms in total. The molecular formula is C26H25N7O3. The van der Waals surface area contributed by atoms with Crippen LogP contribution in [0.4, 0.5) is 10.5 Å². The van der Waals surface area contributed by atoms with E-state index in [0.717, 1.165) is 10.6 Å². The van der Waals surface area contributed by atoms with E-state index in [0.29, 0.717) is 35.1 Å². The Bertz CT molecular complexity index is 1510. The van der Waals surface area contributed by atoms with Crippen LogP contribution in [0.1, 0.15) is 49.1 Å². The van der Waals surface area contributed by atoms with Gasteiger partial charge < -0.3 is 9.80 Å². The van der Waals surface area contributed by atoms with Crippen LogP contribution in [0.2, 0.25) is 0 Å². The van der Waals surface area contributed by atoms with Gasteiger partial charge in [0, 0.05) is 29.8 Å². The molecule has 36 heavy (non-hydrogen) atoms. The molecule has 0 saturated carbocycles. The third-order valence-corrected chi connectivity index (χ3v) is 7.51. The summed E-state index contributed by atoms with van der Waals surface area (Å²) in [4.78, 5) is 49.5. The molecule has 5 heterocycles. The van der Waals surface area contributed by atoms with Gasteiger partial charge >= 0.3 is 6.03 Å². The molecule has 4 amide bonds. The molecule has 0 radical (unpaired) electrons. The second-order valence-corrected chi connectivity index (χ2v) is 10.7. The van der Waals surface area contributed by atoms with E-state index in [1.165, 1.54) is 6.20 Å². The predicted octanol–water partition coefficient (Wildman–Crippen LogP) is 2.57. The standard InChI is InChI=1S/C26H25N7O3/c1-26(2,3)21-10-19(30(4)29-21)23(34)31-13-14-9-18(31)22-24(35)33(25(36)32(14)22)20-12-28-17(11-27)15-7-5-6-8-16(15)20/h5-8,10,12,14,18,22H,9,13H2,1-4H3/t14-,18?,22+/m1/s1.